The van der Waals surface area contributed by atoms with Crippen molar-refractivity contribution in [2.24, 2.45) is 29.4 Å². The molecule has 0 radical (unpaired) electrons. The zero-order chi connectivity index (χ0) is 27.7. The average molecular weight is 542 g/mol. The third kappa shape index (κ3) is 5.71. The highest BCUT2D eigenvalue weighted by Crippen LogP contribution is 2.41. The van der Waals surface area contributed by atoms with Gasteiger partial charge in [-0.3, -0.25) is 14.4 Å². The molecular formula is C29H36FN3O6. The van der Waals surface area contributed by atoms with E-state index in [0.717, 1.165) is 12.8 Å². The number of fused-ring (bicyclic) bond motifs is 1. The number of carbonyl (C=O) groups is 4. The molecule has 2 aromatic rings. The Hall–Kier alpha value is -3.27. The van der Waals surface area contributed by atoms with Crippen LogP contribution in [0, 0.1) is 23.7 Å². The summed E-state index contributed by atoms with van der Waals surface area (Å²) in [6, 6.07) is 5.18. The Kier molecular flexibility index (Phi) is 8.02. The molecule has 10 heteroatoms. The van der Waals surface area contributed by atoms with E-state index in [0.29, 0.717) is 68.1 Å². The van der Waals surface area contributed by atoms with Gasteiger partial charge in [0.2, 0.25) is 17.6 Å². The van der Waals surface area contributed by atoms with Crippen LogP contribution in [0.1, 0.15) is 68.3 Å². The van der Waals surface area contributed by atoms with Crippen molar-refractivity contribution in [3.05, 3.63) is 30.0 Å². The van der Waals surface area contributed by atoms with E-state index in [2.05, 4.69) is 5.32 Å². The van der Waals surface area contributed by atoms with Gasteiger partial charge in [-0.25, -0.2) is 9.18 Å². The van der Waals surface area contributed by atoms with Crippen LogP contribution >= 0.6 is 0 Å². The smallest absolute Gasteiger partial charge is 0.371 e. The number of carboxylic acids is 1. The van der Waals surface area contributed by atoms with Gasteiger partial charge in [0, 0.05) is 42.4 Å². The Morgan fingerprint density at radius 2 is 1.79 bits per heavy atom. The number of furan rings is 1. The molecule has 0 spiro atoms. The largest absolute Gasteiger partial charge is 0.475 e. The fourth-order valence-corrected chi connectivity index (χ4v) is 6.88. The molecule has 2 aliphatic carbocycles. The highest BCUT2D eigenvalue weighted by molar-refractivity contribution is 6.00. The molecule has 3 fully saturated rings. The first-order valence-electron chi connectivity index (χ1n) is 14.0. The molecule has 210 valence electrons. The molecule has 5 rings (SSSR count). The van der Waals surface area contributed by atoms with E-state index < -0.39 is 24.7 Å². The zero-order valence-electron chi connectivity index (χ0n) is 21.9. The predicted molar refractivity (Wildman–Crippen MR) is 142 cm³/mol. The number of Topliss-reactive ketones (excluding diaryl/α,β-unsaturated/α-hetero) is 1. The van der Waals surface area contributed by atoms with Crippen molar-refractivity contribution < 1.29 is 33.1 Å². The van der Waals surface area contributed by atoms with E-state index in [1.54, 1.807) is 23.1 Å². The van der Waals surface area contributed by atoms with E-state index in [-0.39, 0.29) is 47.0 Å². The van der Waals surface area contributed by atoms with Crippen LogP contribution in [0.5, 0.6) is 0 Å². The number of ketones is 1. The van der Waals surface area contributed by atoms with Crippen molar-refractivity contribution in [2.75, 3.05) is 18.5 Å². The van der Waals surface area contributed by atoms with Crippen LogP contribution in [0.25, 0.3) is 11.0 Å². The van der Waals surface area contributed by atoms with Gasteiger partial charge in [-0.05, 0) is 87.0 Å². The Morgan fingerprint density at radius 3 is 2.46 bits per heavy atom. The second-order valence-corrected chi connectivity index (χ2v) is 11.4. The molecule has 3 aliphatic rings. The van der Waals surface area contributed by atoms with Gasteiger partial charge in [0.05, 0.1) is 0 Å². The number of benzene rings is 1. The standard InChI is InChI=1S/C29H36FN3O6/c30-15-23(31)17-1-3-18(4-2-17)28(36)33-12-11-22(16-5-8-21(34)9-6-16)26(33)27(35)32-20-7-10-24-19(13-20)14-25(39-24)29(37)38/h7,10,13-14,16-18,22-23,26H,1-6,8-9,11-12,15,31H2,(H,32,35)(H,37,38)/t17-,18-,22-,23-,26-/m1/s1. The topological polar surface area (TPSA) is 143 Å². The van der Waals surface area contributed by atoms with Crippen LogP contribution in [-0.4, -0.2) is 58.9 Å². The normalized spacial score (nSPS) is 27.0. The Balaban J connectivity index is 1.35. The fraction of sp³-hybridized carbons (Fsp3) is 0.586. The fourth-order valence-electron chi connectivity index (χ4n) is 6.88. The van der Waals surface area contributed by atoms with E-state index in [1.165, 1.54) is 6.07 Å². The number of rotatable bonds is 7. The SMILES string of the molecule is N[C@H](CF)[C@H]1CC[C@H](C(=O)N2CC[C@H](C3CCC(=O)CC3)[C@@H]2C(=O)Nc2ccc3oc(C(=O)O)cc3c2)CC1. The maximum atomic E-state index is 13.8. The maximum absolute atomic E-state index is 13.8. The summed E-state index contributed by atoms with van der Waals surface area (Å²) in [6.45, 7) is -0.0792. The highest BCUT2D eigenvalue weighted by Gasteiger charge is 2.47. The predicted octanol–water partition coefficient (Wildman–Crippen LogP) is 4.15. The lowest BCUT2D eigenvalue weighted by molar-refractivity contribution is -0.142. The van der Waals surface area contributed by atoms with Crippen LogP contribution in [-0.2, 0) is 14.4 Å². The quantitative estimate of drug-likeness (QED) is 0.478. The van der Waals surface area contributed by atoms with Crippen LogP contribution in [0.3, 0.4) is 0 Å². The Morgan fingerprint density at radius 1 is 1.08 bits per heavy atom. The summed E-state index contributed by atoms with van der Waals surface area (Å²) in [5, 5.41) is 12.7. The molecule has 2 heterocycles. The van der Waals surface area contributed by atoms with E-state index in [4.69, 9.17) is 10.2 Å². The van der Waals surface area contributed by atoms with Gasteiger partial charge in [-0.1, -0.05) is 0 Å². The van der Waals surface area contributed by atoms with Crippen molar-refractivity contribution in [2.45, 2.75) is 69.9 Å². The number of likely N-dealkylation sites (tertiary alicyclic amines) is 1. The van der Waals surface area contributed by atoms with Crippen LogP contribution in [0.15, 0.2) is 28.7 Å². The number of nitrogens with one attached hydrogen (secondary N) is 1. The second-order valence-electron chi connectivity index (χ2n) is 11.4. The molecule has 0 bridgehead atoms. The number of hydrogen-bond acceptors (Lipinski definition) is 6. The van der Waals surface area contributed by atoms with Crippen LogP contribution < -0.4 is 11.1 Å². The number of anilines is 1. The third-order valence-electron chi connectivity index (χ3n) is 9.09. The van der Waals surface area contributed by atoms with E-state index in [9.17, 15) is 28.7 Å². The van der Waals surface area contributed by atoms with E-state index in [1.807, 2.05) is 0 Å². The Bertz CT molecular complexity index is 1240. The van der Waals surface area contributed by atoms with Gasteiger partial charge in [-0.15, -0.1) is 0 Å². The number of aromatic carboxylic acids is 1. The molecule has 1 aliphatic heterocycles. The summed E-state index contributed by atoms with van der Waals surface area (Å²) in [7, 11) is 0. The lowest BCUT2D eigenvalue weighted by atomic mass is 9.75. The maximum Gasteiger partial charge on any atom is 0.371 e. The van der Waals surface area contributed by atoms with Crippen molar-refractivity contribution in [3.8, 4) is 0 Å². The van der Waals surface area contributed by atoms with Gasteiger partial charge in [0.15, 0.2) is 0 Å². The summed E-state index contributed by atoms with van der Waals surface area (Å²) in [4.78, 5) is 52.4. The van der Waals surface area contributed by atoms with Crippen molar-refractivity contribution in [1.82, 2.24) is 4.90 Å². The number of halogens is 1. The van der Waals surface area contributed by atoms with Gasteiger partial charge in [-0.2, -0.15) is 0 Å². The van der Waals surface area contributed by atoms with Gasteiger partial charge < -0.3 is 25.5 Å². The third-order valence-corrected chi connectivity index (χ3v) is 9.09. The molecule has 0 unspecified atom stereocenters. The van der Waals surface area contributed by atoms with Crippen molar-refractivity contribution in [1.29, 1.82) is 0 Å². The number of alkyl halides is 1. The van der Waals surface area contributed by atoms with Crippen LogP contribution in [0.4, 0.5) is 10.1 Å². The number of nitrogens with zero attached hydrogens (tertiary/aromatic N) is 1. The molecular weight excluding hydrogens is 505 g/mol. The minimum absolute atomic E-state index is 0.0341. The van der Waals surface area contributed by atoms with Gasteiger partial charge in [0.25, 0.3) is 0 Å². The summed E-state index contributed by atoms with van der Waals surface area (Å²) >= 11 is 0. The second kappa shape index (κ2) is 11.5. The minimum atomic E-state index is -1.17. The summed E-state index contributed by atoms with van der Waals surface area (Å²) in [5.74, 6) is -1.43. The highest BCUT2D eigenvalue weighted by atomic mass is 19.1. The molecule has 3 atom stereocenters. The van der Waals surface area contributed by atoms with Crippen molar-refractivity contribution in [3.63, 3.8) is 0 Å². The van der Waals surface area contributed by atoms with E-state index >= 15 is 0 Å². The first-order valence-corrected chi connectivity index (χ1v) is 14.0. The number of amides is 2. The number of carbonyl (C=O) groups excluding carboxylic acids is 3. The molecule has 39 heavy (non-hydrogen) atoms. The molecule has 2 saturated carbocycles. The molecule has 9 nitrogen and oxygen atoms in total. The minimum Gasteiger partial charge on any atom is -0.475 e. The first kappa shape index (κ1) is 27.3. The molecule has 1 saturated heterocycles. The van der Waals surface area contributed by atoms with Crippen molar-refractivity contribution >= 4 is 40.2 Å². The molecule has 1 aromatic heterocycles. The summed E-state index contributed by atoms with van der Waals surface area (Å²) in [5.41, 5.74) is 6.79. The molecule has 1 aromatic carbocycles. The first-order chi connectivity index (χ1) is 18.7. The zero-order valence-corrected chi connectivity index (χ0v) is 21.9. The summed E-state index contributed by atoms with van der Waals surface area (Å²) < 4.78 is 18.4. The monoisotopic (exact) mass is 541 g/mol. The number of carboxylic acid groups (broad SMARTS) is 1. The molecule has 4 N–H and O–H groups in total. The Labute approximate surface area is 226 Å². The van der Waals surface area contributed by atoms with Gasteiger partial charge >= 0.3 is 5.97 Å². The lowest BCUT2D eigenvalue weighted by Gasteiger charge is -2.36. The average Bonchev–Trinajstić information content (AvgIpc) is 3.57. The number of hydrogen-bond donors (Lipinski definition) is 3. The van der Waals surface area contributed by atoms with Gasteiger partial charge in [0.1, 0.15) is 24.1 Å². The molecule has 2 amide bonds. The lowest BCUT2D eigenvalue weighted by Crippen LogP contribution is -2.50. The number of nitrogens with two attached hydrogens (primary N) is 1. The summed E-state index contributed by atoms with van der Waals surface area (Å²) in [6.07, 6.45) is 5.82. The van der Waals surface area contributed by atoms with Crippen LogP contribution in [0.2, 0.25) is 0 Å².